The monoisotopic (exact) mass is 418 g/mol. The molecule has 4 rings (SSSR count). The van der Waals surface area contributed by atoms with Crippen LogP contribution in [0.4, 0.5) is 11.6 Å². The van der Waals surface area contributed by atoms with Gasteiger partial charge in [-0.25, -0.2) is 9.97 Å². The van der Waals surface area contributed by atoms with Gasteiger partial charge in [-0.15, -0.1) is 0 Å². The fraction of sp³-hybridized carbons (Fsp3) is 0.292. The number of carbonyl (C=O) groups is 1. The lowest BCUT2D eigenvalue weighted by Gasteiger charge is -2.26. The van der Waals surface area contributed by atoms with Crippen molar-refractivity contribution >= 4 is 17.5 Å². The molecule has 2 aromatic carbocycles. The average molecular weight is 418 g/mol. The molecule has 1 N–H and O–H groups in total. The van der Waals surface area contributed by atoms with Crippen molar-refractivity contribution in [2.45, 2.75) is 19.3 Å². The number of hydrogen-bond acceptors (Lipinski definition) is 6. The Labute approximate surface area is 182 Å². The topological polar surface area (TPSA) is 76.6 Å². The average Bonchev–Trinajstić information content (AvgIpc) is 2.85. The number of anilines is 2. The van der Waals surface area contributed by atoms with Gasteiger partial charge < -0.3 is 19.7 Å². The molecule has 1 amide bonds. The first-order valence-electron chi connectivity index (χ1n) is 10.4. The summed E-state index contributed by atoms with van der Waals surface area (Å²) in [6.45, 7) is 1.99. The minimum absolute atomic E-state index is 0.216. The molecule has 1 aliphatic rings. The normalized spacial score (nSPS) is 13.5. The highest BCUT2D eigenvalue weighted by atomic mass is 16.5. The molecule has 1 fully saturated rings. The van der Waals surface area contributed by atoms with Crippen LogP contribution in [0.25, 0.3) is 11.3 Å². The van der Waals surface area contributed by atoms with Gasteiger partial charge in [-0.2, -0.15) is 0 Å². The van der Waals surface area contributed by atoms with Crippen molar-refractivity contribution in [3.05, 3.63) is 60.3 Å². The zero-order valence-corrected chi connectivity index (χ0v) is 17.8. The molecule has 1 aromatic heterocycles. The molecule has 0 atom stereocenters. The van der Waals surface area contributed by atoms with Crippen LogP contribution in [0.3, 0.4) is 0 Å². The van der Waals surface area contributed by atoms with Crippen molar-refractivity contribution in [3.8, 4) is 22.8 Å². The summed E-state index contributed by atoms with van der Waals surface area (Å²) in [7, 11) is 3.14. The summed E-state index contributed by atoms with van der Waals surface area (Å²) >= 11 is 0. The molecule has 1 saturated heterocycles. The molecule has 7 heteroatoms. The van der Waals surface area contributed by atoms with E-state index in [0.717, 1.165) is 30.3 Å². The summed E-state index contributed by atoms with van der Waals surface area (Å²) < 4.78 is 10.5. The van der Waals surface area contributed by atoms with E-state index in [4.69, 9.17) is 14.5 Å². The number of carbonyl (C=O) groups excluding carboxylic acids is 1. The lowest BCUT2D eigenvalue weighted by molar-refractivity contribution is 0.102. The molecule has 31 heavy (non-hydrogen) atoms. The van der Waals surface area contributed by atoms with Gasteiger partial charge in [-0.3, -0.25) is 4.79 Å². The number of hydrogen-bond donors (Lipinski definition) is 1. The fourth-order valence-corrected chi connectivity index (χ4v) is 3.64. The molecular formula is C24H26N4O3. The first-order chi connectivity index (χ1) is 15.2. The molecule has 0 radical (unpaired) electrons. The number of nitrogens with zero attached hydrogens (tertiary/aromatic N) is 3. The molecule has 3 aromatic rings. The van der Waals surface area contributed by atoms with E-state index in [1.807, 2.05) is 18.2 Å². The molecular weight excluding hydrogens is 392 g/mol. The Balaban J connectivity index is 1.49. The van der Waals surface area contributed by atoms with Crippen LogP contribution in [-0.4, -0.2) is 43.2 Å². The number of ether oxygens (including phenoxy) is 2. The summed E-state index contributed by atoms with van der Waals surface area (Å²) in [6, 6.07) is 14.6. The van der Waals surface area contributed by atoms with Gasteiger partial charge in [-0.1, -0.05) is 12.1 Å². The summed E-state index contributed by atoms with van der Waals surface area (Å²) in [4.78, 5) is 24.1. The number of aromatic nitrogens is 2. The highest BCUT2D eigenvalue weighted by Gasteiger charge is 2.15. The second kappa shape index (κ2) is 9.47. The van der Waals surface area contributed by atoms with Gasteiger partial charge in [0.25, 0.3) is 5.91 Å². The smallest absolute Gasteiger partial charge is 0.255 e. The molecule has 0 aliphatic carbocycles. The molecule has 0 unspecified atom stereocenters. The maximum Gasteiger partial charge on any atom is 0.255 e. The second-order valence-corrected chi connectivity index (χ2v) is 7.39. The Morgan fingerprint density at radius 2 is 1.74 bits per heavy atom. The van der Waals surface area contributed by atoms with Crippen molar-refractivity contribution in [1.82, 2.24) is 9.97 Å². The van der Waals surface area contributed by atoms with Crippen molar-refractivity contribution in [2.24, 2.45) is 0 Å². The quantitative estimate of drug-likeness (QED) is 0.639. The molecule has 0 spiro atoms. The van der Waals surface area contributed by atoms with E-state index in [0.29, 0.717) is 22.7 Å². The van der Waals surface area contributed by atoms with Crippen molar-refractivity contribution in [3.63, 3.8) is 0 Å². The summed E-state index contributed by atoms with van der Waals surface area (Å²) in [5, 5.41) is 2.89. The predicted molar refractivity (Wildman–Crippen MR) is 121 cm³/mol. The van der Waals surface area contributed by atoms with E-state index in [1.165, 1.54) is 19.3 Å². The SMILES string of the molecule is COc1ccc(NC(=O)c2ccc(-c3ccnc(N4CCCCC4)n3)cc2)c(OC)c1. The Bertz CT molecular complexity index is 1050. The van der Waals surface area contributed by atoms with Crippen LogP contribution < -0.4 is 19.7 Å². The van der Waals surface area contributed by atoms with Crippen molar-refractivity contribution in [2.75, 3.05) is 37.5 Å². The zero-order chi connectivity index (χ0) is 21.6. The van der Waals surface area contributed by atoms with E-state index < -0.39 is 0 Å². The fourth-order valence-electron chi connectivity index (χ4n) is 3.64. The van der Waals surface area contributed by atoms with Crippen LogP contribution in [0.5, 0.6) is 11.5 Å². The van der Waals surface area contributed by atoms with Gasteiger partial charge in [0, 0.05) is 36.5 Å². The minimum Gasteiger partial charge on any atom is -0.497 e. The third-order valence-electron chi connectivity index (χ3n) is 5.38. The molecule has 160 valence electrons. The number of piperidine rings is 1. The van der Waals surface area contributed by atoms with Crippen LogP contribution in [0.15, 0.2) is 54.7 Å². The van der Waals surface area contributed by atoms with E-state index in [-0.39, 0.29) is 5.91 Å². The highest BCUT2D eigenvalue weighted by molar-refractivity contribution is 6.05. The molecule has 0 bridgehead atoms. The van der Waals surface area contributed by atoms with Gasteiger partial charge in [0.15, 0.2) is 0 Å². The van der Waals surface area contributed by atoms with E-state index in [9.17, 15) is 4.79 Å². The van der Waals surface area contributed by atoms with E-state index >= 15 is 0 Å². The molecule has 0 saturated carbocycles. The first kappa shape index (κ1) is 20.7. The maximum absolute atomic E-state index is 12.7. The third kappa shape index (κ3) is 4.77. The van der Waals surface area contributed by atoms with Crippen LogP contribution in [0.1, 0.15) is 29.6 Å². The van der Waals surface area contributed by atoms with Crippen LogP contribution in [0, 0.1) is 0 Å². The van der Waals surface area contributed by atoms with Gasteiger partial charge >= 0.3 is 0 Å². The number of rotatable bonds is 6. The number of nitrogens with one attached hydrogen (secondary N) is 1. The summed E-state index contributed by atoms with van der Waals surface area (Å²) in [5.41, 5.74) is 2.92. The van der Waals surface area contributed by atoms with Crippen molar-refractivity contribution in [1.29, 1.82) is 0 Å². The van der Waals surface area contributed by atoms with Gasteiger partial charge in [0.05, 0.1) is 25.6 Å². The molecule has 7 nitrogen and oxygen atoms in total. The standard InChI is InChI=1S/C24H26N4O3/c1-30-19-10-11-21(22(16-19)31-2)26-23(29)18-8-6-17(7-9-18)20-12-13-25-24(27-20)28-14-4-3-5-15-28/h6-13,16H,3-5,14-15H2,1-2H3,(H,26,29). The number of amides is 1. The van der Waals surface area contributed by atoms with E-state index in [1.54, 1.807) is 50.7 Å². The lowest BCUT2D eigenvalue weighted by atomic mass is 10.1. The number of benzene rings is 2. The van der Waals surface area contributed by atoms with Crippen molar-refractivity contribution < 1.29 is 14.3 Å². The first-order valence-corrected chi connectivity index (χ1v) is 10.4. The Morgan fingerprint density at radius 3 is 2.45 bits per heavy atom. The summed E-state index contributed by atoms with van der Waals surface area (Å²) in [6.07, 6.45) is 5.41. The Morgan fingerprint density at radius 1 is 0.968 bits per heavy atom. The highest BCUT2D eigenvalue weighted by Crippen LogP contribution is 2.29. The molecule has 2 heterocycles. The zero-order valence-electron chi connectivity index (χ0n) is 17.8. The van der Waals surface area contributed by atoms with Gasteiger partial charge in [0.2, 0.25) is 5.95 Å². The lowest BCUT2D eigenvalue weighted by Crippen LogP contribution is -2.30. The minimum atomic E-state index is -0.216. The van der Waals surface area contributed by atoms with Crippen LogP contribution in [-0.2, 0) is 0 Å². The number of methoxy groups -OCH3 is 2. The predicted octanol–water partition coefficient (Wildman–Crippen LogP) is 4.40. The maximum atomic E-state index is 12.7. The molecule has 1 aliphatic heterocycles. The summed E-state index contributed by atoms with van der Waals surface area (Å²) in [5.74, 6) is 1.75. The van der Waals surface area contributed by atoms with Gasteiger partial charge in [0.1, 0.15) is 11.5 Å². The van der Waals surface area contributed by atoms with Gasteiger partial charge in [-0.05, 0) is 49.6 Å². The second-order valence-electron chi connectivity index (χ2n) is 7.39. The Kier molecular flexibility index (Phi) is 6.31. The van der Waals surface area contributed by atoms with E-state index in [2.05, 4.69) is 15.2 Å². The third-order valence-corrected chi connectivity index (χ3v) is 5.38. The van der Waals surface area contributed by atoms with Crippen LogP contribution in [0.2, 0.25) is 0 Å². The van der Waals surface area contributed by atoms with Crippen LogP contribution >= 0.6 is 0 Å². The largest absolute Gasteiger partial charge is 0.497 e. The Hall–Kier alpha value is -3.61.